The Bertz CT molecular complexity index is 852. The fourth-order valence-corrected chi connectivity index (χ4v) is 4.63. The Kier molecular flexibility index (Phi) is 7.01. The molecule has 1 heterocycles. The molecule has 1 amide bonds. The summed E-state index contributed by atoms with van der Waals surface area (Å²) in [7, 11) is 0. The normalized spacial score (nSPS) is 13.1. The molecular weight excluding hydrogens is 374 g/mol. The van der Waals surface area contributed by atoms with Crippen LogP contribution in [0.4, 0.5) is 5.13 Å². The second-order valence-corrected chi connectivity index (χ2v) is 8.53. The summed E-state index contributed by atoms with van der Waals surface area (Å²) >= 11 is 3.00. The fraction of sp³-hybridized carbons (Fsp3) is 0.286. The predicted octanol–water partition coefficient (Wildman–Crippen LogP) is 5.91. The number of carbonyl (C=O) groups is 1. The predicted molar refractivity (Wildman–Crippen MR) is 113 cm³/mol. The van der Waals surface area contributed by atoms with Gasteiger partial charge in [-0.2, -0.15) is 0 Å². The summed E-state index contributed by atoms with van der Waals surface area (Å²) in [6.07, 6.45) is 2.17. The summed E-state index contributed by atoms with van der Waals surface area (Å²) in [4.78, 5) is 14.1. The van der Waals surface area contributed by atoms with E-state index in [9.17, 15) is 4.79 Å². The summed E-state index contributed by atoms with van der Waals surface area (Å²) in [6, 6.07) is 19.8. The van der Waals surface area contributed by atoms with E-state index in [1.165, 1.54) is 23.1 Å². The Labute approximate surface area is 168 Å². The molecule has 3 aromatic rings. The van der Waals surface area contributed by atoms with Crippen molar-refractivity contribution in [3.05, 3.63) is 71.2 Å². The van der Waals surface area contributed by atoms with Crippen molar-refractivity contribution in [2.75, 3.05) is 5.32 Å². The van der Waals surface area contributed by atoms with Gasteiger partial charge in [-0.1, -0.05) is 80.1 Å². The van der Waals surface area contributed by atoms with Gasteiger partial charge in [-0.25, -0.2) is 0 Å². The molecule has 1 N–H and O–H groups in total. The lowest BCUT2D eigenvalue weighted by atomic mass is 10.1. The van der Waals surface area contributed by atoms with Gasteiger partial charge in [0.2, 0.25) is 11.0 Å². The van der Waals surface area contributed by atoms with Gasteiger partial charge in [0.1, 0.15) is 10.3 Å². The van der Waals surface area contributed by atoms with Crippen molar-refractivity contribution in [3.8, 4) is 0 Å². The molecule has 0 aliphatic rings. The summed E-state index contributed by atoms with van der Waals surface area (Å²) in [5, 5.41) is 12.6. The molecule has 140 valence electrons. The van der Waals surface area contributed by atoms with E-state index in [0.29, 0.717) is 11.0 Å². The standard InChI is InChI=1S/C21H23N3OS2/c1-3-10-15(2)20-23-24-21(27-20)22-19(25)18(16-11-6-4-7-12-16)26-17-13-8-5-9-14-17/h4-9,11-15,18H,3,10H2,1-2H3,(H,22,24,25)/t15-,18+/m0/s1. The number of hydrogen-bond donors (Lipinski definition) is 1. The summed E-state index contributed by atoms with van der Waals surface area (Å²) in [5.74, 6) is 0.280. The van der Waals surface area contributed by atoms with Gasteiger partial charge >= 0.3 is 0 Å². The molecule has 1 aromatic heterocycles. The van der Waals surface area contributed by atoms with Crippen LogP contribution in [-0.2, 0) is 4.79 Å². The molecule has 2 atom stereocenters. The van der Waals surface area contributed by atoms with Crippen molar-refractivity contribution in [2.24, 2.45) is 0 Å². The number of amides is 1. The first kappa shape index (κ1) is 19.6. The molecule has 4 nitrogen and oxygen atoms in total. The highest BCUT2D eigenvalue weighted by Gasteiger charge is 2.23. The molecule has 0 fully saturated rings. The smallest absolute Gasteiger partial charge is 0.244 e. The molecular formula is C21H23N3OS2. The lowest BCUT2D eigenvalue weighted by molar-refractivity contribution is -0.115. The molecule has 2 aromatic carbocycles. The third-order valence-corrected chi connectivity index (χ3v) is 6.49. The number of thioether (sulfide) groups is 1. The van der Waals surface area contributed by atoms with E-state index >= 15 is 0 Å². The highest BCUT2D eigenvalue weighted by Crippen LogP contribution is 2.36. The quantitative estimate of drug-likeness (QED) is 0.480. The molecule has 0 spiro atoms. The van der Waals surface area contributed by atoms with Gasteiger partial charge < -0.3 is 0 Å². The first-order valence-corrected chi connectivity index (χ1v) is 10.8. The molecule has 0 saturated carbocycles. The molecule has 27 heavy (non-hydrogen) atoms. The Morgan fingerprint density at radius 2 is 1.74 bits per heavy atom. The van der Waals surface area contributed by atoms with Crippen molar-refractivity contribution in [1.29, 1.82) is 0 Å². The number of nitrogens with zero attached hydrogens (tertiary/aromatic N) is 2. The monoisotopic (exact) mass is 397 g/mol. The Hall–Kier alpha value is -2.18. The van der Waals surface area contributed by atoms with Crippen LogP contribution in [0.1, 0.15) is 48.4 Å². The first-order chi connectivity index (χ1) is 13.2. The maximum atomic E-state index is 13.0. The molecule has 0 saturated heterocycles. The van der Waals surface area contributed by atoms with E-state index < -0.39 is 0 Å². The van der Waals surface area contributed by atoms with Crippen LogP contribution in [0.5, 0.6) is 0 Å². The van der Waals surface area contributed by atoms with Crippen LogP contribution in [0.15, 0.2) is 65.6 Å². The molecule has 0 bridgehead atoms. The Morgan fingerprint density at radius 3 is 2.41 bits per heavy atom. The number of anilines is 1. The lowest BCUT2D eigenvalue weighted by Crippen LogP contribution is -2.18. The van der Waals surface area contributed by atoms with Gasteiger partial charge in [0.05, 0.1) is 0 Å². The van der Waals surface area contributed by atoms with Crippen molar-refractivity contribution in [2.45, 2.75) is 42.8 Å². The van der Waals surface area contributed by atoms with Crippen LogP contribution >= 0.6 is 23.1 Å². The van der Waals surface area contributed by atoms with Crippen LogP contribution in [0.25, 0.3) is 0 Å². The first-order valence-electron chi connectivity index (χ1n) is 9.08. The second kappa shape index (κ2) is 9.67. The van der Waals surface area contributed by atoms with Crippen molar-refractivity contribution >= 4 is 34.1 Å². The van der Waals surface area contributed by atoms with Crippen LogP contribution < -0.4 is 5.32 Å². The SMILES string of the molecule is CCC[C@H](C)c1nnc(NC(=O)[C@H](Sc2ccccc2)c2ccccc2)s1. The maximum absolute atomic E-state index is 13.0. The minimum atomic E-state index is -0.353. The molecule has 6 heteroatoms. The topological polar surface area (TPSA) is 54.9 Å². The van der Waals surface area contributed by atoms with E-state index in [0.717, 1.165) is 28.3 Å². The number of nitrogens with one attached hydrogen (secondary N) is 1. The Morgan fingerprint density at radius 1 is 1.07 bits per heavy atom. The van der Waals surface area contributed by atoms with Gasteiger partial charge in [0.25, 0.3) is 0 Å². The number of carbonyl (C=O) groups excluding carboxylic acids is 1. The zero-order chi connectivity index (χ0) is 19.1. The molecule has 0 unspecified atom stereocenters. The summed E-state index contributed by atoms with van der Waals surface area (Å²) < 4.78 is 0. The summed E-state index contributed by atoms with van der Waals surface area (Å²) in [5.41, 5.74) is 0.966. The highest BCUT2D eigenvalue weighted by molar-refractivity contribution is 8.00. The van der Waals surface area contributed by atoms with Gasteiger partial charge in [-0.15, -0.1) is 22.0 Å². The zero-order valence-electron chi connectivity index (χ0n) is 15.5. The number of benzene rings is 2. The van der Waals surface area contributed by atoms with Crippen LogP contribution in [-0.4, -0.2) is 16.1 Å². The van der Waals surface area contributed by atoms with Crippen molar-refractivity contribution in [1.82, 2.24) is 10.2 Å². The van der Waals surface area contributed by atoms with E-state index in [1.807, 2.05) is 60.7 Å². The Balaban J connectivity index is 1.77. The van der Waals surface area contributed by atoms with E-state index in [1.54, 1.807) is 0 Å². The molecule has 0 radical (unpaired) electrons. The minimum Gasteiger partial charge on any atom is -0.299 e. The number of aromatic nitrogens is 2. The number of hydrogen-bond acceptors (Lipinski definition) is 5. The zero-order valence-corrected chi connectivity index (χ0v) is 17.1. The molecule has 0 aliphatic heterocycles. The summed E-state index contributed by atoms with van der Waals surface area (Å²) in [6.45, 7) is 4.30. The van der Waals surface area contributed by atoms with Gasteiger partial charge in [0.15, 0.2) is 0 Å². The van der Waals surface area contributed by atoms with Gasteiger partial charge in [-0.3, -0.25) is 10.1 Å². The average molecular weight is 398 g/mol. The van der Waals surface area contributed by atoms with Crippen molar-refractivity contribution < 1.29 is 4.79 Å². The van der Waals surface area contributed by atoms with E-state index in [-0.39, 0.29) is 11.2 Å². The minimum absolute atomic E-state index is 0.0825. The van der Waals surface area contributed by atoms with E-state index in [2.05, 4.69) is 29.4 Å². The third kappa shape index (κ3) is 5.40. The fourth-order valence-electron chi connectivity index (χ4n) is 2.75. The lowest BCUT2D eigenvalue weighted by Gasteiger charge is -2.16. The maximum Gasteiger partial charge on any atom is 0.244 e. The van der Waals surface area contributed by atoms with Crippen molar-refractivity contribution in [3.63, 3.8) is 0 Å². The van der Waals surface area contributed by atoms with Crippen LogP contribution in [0, 0.1) is 0 Å². The molecule has 3 rings (SSSR count). The van der Waals surface area contributed by atoms with E-state index in [4.69, 9.17) is 0 Å². The molecule has 0 aliphatic carbocycles. The van der Waals surface area contributed by atoms with Crippen LogP contribution in [0.3, 0.4) is 0 Å². The third-order valence-electron chi connectivity index (χ3n) is 4.15. The largest absolute Gasteiger partial charge is 0.299 e. The second-order valence-electron chi connectivity index (χ2n) is 6.35. The highest BCUT2D eigenvalue weighted by atomic mass is 32.2. The van der Waals surface area contributed by atoms with Gasteiger partial charge in [0, 0.05) is 10.8 Å². The average Bonchev–Trinajstić information content (AvgIpc) is 3.16. The number of rotatable bonds is 8. The van der Waals surface area contributed by atoms with Gasteiger partial charge in [-0.05, 0) is 24.1 Å². The van der Waals surface area contributed by atoms with Crippen LogP contribution in [0.2, 0.25) is 0 Å².